The molecule has 0 saturated heterocycles. The average molecular weight is 151 g/mol. The summed E-state index contributed by atoms with van der Waals surface area (Å²) in [6.45, 7) is 4.10. The zero-order valence-corrected chi connectivity index (χ0v) is 6.66. The lowest BCUT2D eigenvalue weighted by Crippen LogP contribution is -2.25. The van der Waals surface area contributed by atoms with E-state index < -0.39 is 10.0 Å². The van der Waals surface area contributed by atoms with Crippen LogP contribution in [0.15, 0.2) is 0 Å². The van der Waals surface area contributed by atoms with Crippen molar-refractivity contribution < 1.29 is 8.42 Å². The molecule has 9 heavy (non-hydrogen) atoms. The van der Waals surface area contributed by atoms with Gasteiger partial charge in [-0.15, -0.1) is 0 Å². The molecule has 56 valence electrons. The quantitative estimate of drug-likeness (QED) is 0.629. The first-order valence-corrected chi connectivity index (χ1v) is 4.75. The SMILES string of the molecule is CCCNS(=O)(=O)CC. The summed E-state index contributed by atoms with van der Waals surface area (Å²) in [5.74, 6) is 0.174. The highest BCUT2D eigenvalue weighted by Gasteiger charge is 2.02. The van der Waals surface area contributed by atoms with Gasteiger partial charge in [0.05, 0.1) is 5.75 Å². The Morgan fingerprint density at radius 3 is 2.22 bits per heavy atom. The van der Waals surface area contributed by atoms with Crippen LogP contribution < -0.4 is 4.72 Å². The van der Waals surface area contributed by atoms with Crippen molar-refractivity contribution >= 4 is 10.0 Å². The van der Waals surface area contributed by atoms with Crippen molar-refractivity contribution in [2.75, 3.05) is 12.3 Å². The molecule has 0 saturated carbocycles. The van der Waals surface area contributed by atoms with Crippen LogP contribution in [0.3, 0.4) is 0 Å². The van der Waals surface area contributed by atoms with Crippen molar-refractivity contribution in [2.24, 2.45) is 0 Å². The van der Waals surface area contributed by atoms with Crippen molar-refractivity contribution in [1.82, 2.24) is 4.72 Å². The minimum absolute atomic E-state index is 0.174. The Bertz CT molecular complexity index is 150. The molecule has 0 aliphatic carbocycles. The molecule has 4 heteroatoms. The minimum atomic E-state index is -2.93. The van der Waals surface area contributed by atoms with Crippen LogP contribution in [0.1, 0.15) is 20.3 Å². The van der Waals surface area contributed by atoms with Gasteiger partial charge in [-0.1, -0.05) is 6.92 Å². The zero-order valence-electron chi connectivity index (χ0n) is 5.85. The summed E-state index contributed by atoms with van der Waals surface area (Å²) < 4.78 is 23.7. The molecule has 0 amide bonds. The van der Waals surface area contributed by atoms with Crippen LogP contribution >= 0.6 is 0 Å². The predicted octanol–water partition coefficient (Wildman–Crippen LogP) is 0.336. The van der Waals surface area contributed by atoms with Gasteiger partial charge in [0.15, 0.2) is 0 Å². The smallest absolute Gasteiger partial charge is 0.211 e. The van der Waals surface area contributed by atoms with Gasteiger partial charge < -0.3 is 0 Å². The van der Waals surface area contributed by atoms with Crippen LogP contribution in [0, 0.1) is 0 Å². The number of nitrogens with one attached hydrogen (secondary N) is 1. The fraction of sp³-hybridized carbons (Fsp3) is 1.00. The lowest BCUT2D eigenvalue weighted by molar-refractivity contribution is 0.582. The third kappa shape index (κ3) is 4.42. The van der Waals surface area contributed by atoms with E-state index in [1.807, 2.05) is 6.92 Å². The molecular formula is C5H13NO2S. The van der Waals surface area contributed by atoms with Gasteiger partial charge >= 0.3 is 0 Å². The first kappa shape index (κ1) is 8.91. The van der Waals surface area contributed by atoms with Gasteiger partial charge in [-0.2, -0.15) is 0 Å². The van der Waals surface area contributed by atoms with Gasteiger partial charge in [-0.25, -0.2) is 13.1 Å². The maximum atomic E-state index is 10.6. The van der Waals surface area contributed by atoms with E-state index in [4.69, 9.17) is 0 Å². The van der Waals surface area contributed by atoms with Gasteiger partial charge in [0.2, 0.25) is 10.0 Å². The van der Waals surface area contributed by atoms with Crippen LogP contribution in [0.5, 0.6) is 0 Å². The minimum Gasteiger partial charge on any atom is -0.215 e. The number of hydrogen-bond acceptors (Lipinski definition) is 2. The van der Waals surface area contributed by atoms with E-state index in [2.05, 4.69) is 4.72 Å². The van der Waals surface area contributed by atoms with E-state index in [1.165, 1.54) is 0 Å². The van der Waals surface area contributed by atoms with Gasteiger partial charge in [0.25, 0.3) is 0 Å². The molecule has 0 fully saturated rings. The maximum absolute atomic E-state index is 10.6. The highest BCUT2D eigenvalue weighted by atomic mass is 32.2. The van der Waals surface area contributed by atoms with Crippen LogP contribution in [0.4, 0.5) is 0 Å². The highest BCUT2D eigenvalue weighted by molar-refractivity contribution is 7.89. The van der Waals surface area contributed by atoms with Gasteiger partial charge in [-0.3, -0.25) is 0 Å². The summed E-state index contributed by atoms with van der Waals surface area (Å²) in [5, 5.41) is 0. The lowest BCUT2D eigenvalue weighted by Gasteiger charge is -1.99. The molecule has 0 atom stereocenters. The van der Waals surface area contributed by atoms with Crippen molar-refractivity contribution in [1.29, 1.82) is 0 Å². The third-order valence-corrected chi connectivity index (χ3v) is 2.36. The van der Waals surface area contributed by atoms with Crippen molar-refractivity contribution in [2.45, 2.75) is 20.3 Å². The second-order valence-electron chi connectivity index (χ2n) is 1.80. The second-order valence-corrected chi connectivity index (χ2v) is 3.89. The van der Waals surface area contributed by atoms with Crippen LogP contribution in [-0.2, 0) is 10.0 Å². The molecule has 0 aliphatic heterocycles. The molecule has 0 bridgehead atoms. The summed E-state index contributed by atoms with van der Waals surface area (Å²) in [5.41, 5.74) is 0. The Hall–Kier alpha value is -0.0900. The molecule has 1 N–H and O–H groups in total. The van der Waals surface area contributed by atoms with E-state index in [0.717, 1.165) is 6.42 Å². The Kier molecular flexibility index (Phi) is 3.81. The fourth-order valence-corrected chi connectivity index (χ4v) is 1.08. The predicted molar refractivity (Wildman–Crippen MR) is 37.8 cm³/mol. The van der Waals surface area contributed by atoms with E-state index >= 15 is 0 Å². The van der Waals surface area contributed by atoms with Crippen molar-refractivity contribution in [3.63, 3.8) is 0 Å². The molecule has 0 radical (unpaired) electrons. The van der Waals surface area contributed by atoms with E-state index in [1.54, 1.807) is 6.92 Å². The van der Waals surface area contributed by atoms with Gasteiger partial charge in [-0.05, 0) is 13.3 Å². The van der Waals surface area contributed by atoms with E-state index in [9.17, 15) is 8.42 Å². The van der Waals surface area contributed by atoms with E-state index in [-0.39, 0.29) is 5.75 Å². The summed E-state index contributed by atoms with van der Waals surface area (Å²) in [4.78, 5) is 0. The molecule has 0 rings (SSSR count). The molecule has 0 aromatic carbocycles. The summed E-state index contributed by atoms with van der Waals surface area (Å²) in [6, 6.07) is 0. The molecule has 0 aromatic heterocycles. The van der Waals surface area contributed by atoms with E-state index in [0.29, 0.717) is 6.54 Å². The number of rotatable bonds is 4. The van der Waals surface area contributed by atoms with Crippen LogP contribution in [-0.4, -0.2) is 20.7 Å². The van der Waals surface area contributed by atoms with Crippen molar-refractivity contribution in [3.05, 3.63) is 0 Å². The first-order chi connectivity index (χ1) is 4.12. The standard InChI is InChI=1S/C5H13NO2S/c1-3-5-6-9(7,8)4-2/h6H,3-5H2,1-2H3. The Balaban J connectivity index is 3.61. The number of sulfonamides is 1. The molecule has 0 unspecified atom stereocenters. The van der Waals surface area contributed by atoms with Gasteiger partial charge in [0.1, 0.15) is 0 Å². The van der Waals surface area contributed by atoms with Crippen molar-refractivity contribution in [3.8, 4) is 0 Å². The Morgan fingerprint density at radius 2 is 1.89 bits per heavy atom. The Labute approximate surface area is 56.5 Å². The molecule has 0 spiro atoms. The number of hydrogen-bond donors (Lipinski definition) is 1. The molecule has 3 nitrogen and oxygen atoms in total. The lowest BCUT2D eigenvalue weighted by atomic mass is 10.5. The largest absolute Gasteiger partial charge is 0.215 e. The molecule has 0 aliphatic rings. The molecular weight excluding hydrogens is 138 g/mol. The molecule has 0 aromatic rings. The Morgan fingerprint density at radius 1 is 1.33 bits per heavy atom. The highest BCUT2D eigenvalue weighted by Crippen LogP contribution is 1.81. The summed E-state index contributed by atoms with van der Waals surface area (Å²) in [6.07, 6.45) is 0.846. The maximum Gasteiger partial charge on any atom is 0.211 e. The summed E-state index contributed by atoms with van der Waals surface area (Å²) in [7, 11) is -2.93. The third-order valence-electron chi connectivity index (χ3n) is 0.952. The van der Waals surface area contributed by atoms with Gasteiger partial charge in [0, 0.05) is 6.54 Å². The second kappa shape index (κ2) is 3.85. The van der Waals surface area contributed by atoms with Crippen LogP contribution in [0.25, 0.3) is 0 Å². The first-order valence-electron chi connectivity index (χ1n) is 3.09. The fourth-order valence-electron chi connectivity index (χ4n) is 0.360. The topological polar surface area (TPSA) is 46.2 Å². The summed E-state index contributed by atoms with van der Waals surface area (Å²) >= 11 is 0. The van der Waals surface area contributed by atoms with Crippen LogP contribution in [0.2, 0.25) is 0 Å². The normalized spacial score (nSPS) is 11.8. The average Bonchev–Trinajstić information content (AvgIpc) is 1.84. The zero-order chi connectivity index (χ0) is 7.33. The monoisotopic (exact) mass is 151 g/mol. The molecule has 0 heterocycles.